The Morgan fingerprint density at radius 2 is 1.75 bits per heavy atom. The van der Waals surface area contributed by atoms with Gasteiger partial charge < -0.3 is 9.42 Å². The van der Waals surface area contributed by atoms with Gasteiger partial charge in [0.25, 0.3) is 0 Å². The van der Waals surface area contributed by atoms with Crippen LogP contribution in [0, 0.1) is 0 Å². The number of hydrogen-bond acceptors (Lipinski definition) is 5. The van der Waals surface area contributed by atoms with Gasteiger partial charge >= 0.3 is 0 Å². The summed E-state index contributed by atoms with van der Waals surface area (Å²) in [6.07, 6.45) is 4.97. The van der Waals surface area contributed by atoms with Gasteiger partial charge in [0, 0.05) is 32.1 Å². The van der Waals surface area contributed by atoms with E-state index in [9.17, 15) is 0 Å². The fourth-order valence-corrected chi connectivity index (χ4v) is 3.93. The first-order valence-corrected chi connectivity index (χ1v) is 9.12. The molecule has 128 valence electrons. The molecule has 4 rings (SSSR count). The zero-order valence-corrected chi connectivity index (χ0v) is 14.4. The summed E-state index contributed by atoms with van der Waals surface area (Å²) in [6, 6.07) is 10.6. The van der Waals surface area contributed by atoms with E-state index >= 15 is 0 Å². The molecule has 2 heterocycles. The van der Waals surface area contributed by atoms with Crippen LogP contribution in [0.5, 0.6) is 0 Å². The maximum absolute atomic E-state index is 5.76. The second-order valence-corrected chi connectivity index (χ2v) is 7.12. The molecule has 5 nitrogen and oxygen atoms in total. The Labute approximate surface area is 143 Å². The third kappa shape index (κ3) is 3.23. The van der Waals surface area contributed by atoms with Crippen LogP contribution in [-0.4, -0.2) is 53.2 Å². The highest BCUT2D eigenvalue weighted by molar-refractivity contribution is 5.24. The molecule has 5 heteroatoms. The minimum absolute atomic E-state index is 0.0718. The first-order chi connectivity index (χ1) is 11.8. The minimum atomic E-state index is 0.0718. The molecule has 2 fully saturated rings. The lowest BCUT2D eigenvalue weighted by Gasteiger charge is -2.36. The molecule has 0 spiro atoms. The van der Waals surface area contributed by atoms with Gasteiger partial charge in [-0.1, -0.05) is 48.3 Å². The van der Waals surface area contributed by atoms with Gasteiger partial charge in [-0.2, -0.15) is 4.98 Å². The number of aromatic nitrogens is 2. The molecular formula is C19H26N4O. The lowest BCUT2D eigenvalue weighted by atomic mass is 10.0. The third-order valence-corrected chi connectivity index (χ3v) is 5.43. The molecule has 1 aliphatic heterocycles. The zero-order valence-electron chi connectivity index (χ0n) is 14.4. The minimum Gasteiger partial charge on any atom is -0.337 e. The number of benzene rings is 1. The molecular weight excluding hydrogens is 300 g/mol. The molecule has 0 bridgehead atoms. The quantitative estimate of drug-likeness (QED) is 0.864. The number of rotatable bonds is 4. The monoisotopic (exact) mass is 326 g/mol. The van der Waals surface area contributed by atoms with Crippen LogP contribution in [-0.2, 0) is 0 Å². The SMILES string of the molecule is CN1CCN([C@@H](c2ccccc2)c2nc(C3CCCC3)no2)CC1. The summed E-state index contributed by atoms with van der Waals surface area (Å²) in [6.45, 7) is 4.20. The van der Waals surface area contributed by atoms with Gasteiger partial charge in [0.1, 0.15) is 6.04 Å². The number of likely N-dealkylation sites (N-methyl/N-ethyl adjacent to an activating group) is 1. The lowest BCUT2D eigenvalue weighted by Crippen LogP contribution is -2.46. The predicted octanol–water partition coefficient (Wildman–Crippen LogP) is 3.06. The Hall–Kier alpha value is -1.72. The second kappa shape index (κ2) is 7.03. The molecule has 1 aliphatic carbocycles. The van der Waals surface area contributed by atoms with Crippen LogP contribution in [0.3, 0.4) is 0 Å². The van der Waals surface area contributed by atoms with E-state index in [0.29, 0.717) is 5.92 Å². The summed E-state index contributed by atoms with van der Waals surface area (Å²) < 4.78 is 5.76. The maximum Gasteiger partial charge on any atom is 0.248 e. The van der Waals surface area contributed by atoms with Crippen molar-refractivity contribution in [3.63, 3.8) is 0 Å². The average Bonchev–Trinajstić information content (AvgIpc) is 3.29. The Kier molecular flexibility index (Phi) is 4.63. The van der Waals surface area contributed by atoms with Gasteiger partial charge in [0.15, 0.2) is 5.82 Å². The Morgan fingerprint density at radius 1 is 1.04 bits per heavy atom. The van der Waals surface area contributed by atoms with Crippen LogP contribution < -0.4 is 0 Å². The van der Waals surface area contributed by atoms with Crippen LogP contribution in [0.1, 0.15) is 54.9 Å². The van der Waals surface area contributed by atoms with Crippen molar-refractivity contribution in [1.82, 2.24) is 19.9 Å². The maximum atomic E-state index is 5.76. The molecule has 24 heavy (non-hydrogen) atoms. The van der Waals surface area contributed by atoms with Gasteiger partial charge in [-0.05, 0) is 25.5 Å². The lowest BCUT2D eigenvalue weighted by molar-refractivity contribution is 0.111. The molecule has 2 aromatic rings. The summed E-state index contributed by atoms with van der Waals surface area (Å²) in [7, 11) is 2.18. The Bertz CT molecular complexity index is 642. The average molecular weight is 326 g/mol. The van der Waals surface area contributed by atoms with Crippen molar-refractivity contribution in [3.05, 3.63) is 47.6 Å². The highest BCUT2D eigenvalue weighted by atomic mass is 16.5. The van der Waals surface area contributed by atoms with E-state index in [2.05, 4.69) is 52.3 Å². The van der Waals surface area contributed by atoms with Crippen LogP contribution in [0.4, 0.5) is 0 Å². The van der Waals surface area contributed by atoms with Gasteiger partial charge in [-0.15, -0.1) is 0 Å². The van der Waals surface area contributed by atoms with E-state index < -0.39 is 0 Å². The molecule has 0 unspecified atom stereocenters. The molecule has 2 aliphatic rings. The van der Waals surface area contributed by atoms with E-state index in [-0.39, 0.29) is 6.04 Å². The predicted molar refractivity (Wildman–Crippen MR) is 92.9 cm³/mol. The molecule has 0 radical (unpaired) electrons. The first kappa shape index (κ1) is 15.8. The van der Waals surface area contributed by atoms with Crippen molar-refractivity contribution in [1.29, 1.82) is 0 Å². The molecule has 0 N–H and O–H groups in total. The smallest absolute Gasteiger partial charge is 0.248 e. The molecule has 1 aromatic carbocycles. The Morgan fingerprint density at radius 3 is 2.46 bits per heavy atom. The van der Waals surface area contributed by atoms with E-state index in [4.69, 9.17) is 9.51 Å². The summed E-state index contributed by atoms with van der Waals surface area (Å²) in [5.74, 6) is 2.16. The molecule has 1 aromatic heterocycles. The molecule has 1 saturated heterocycles. The Balaban J connectivity index is 1.62. The number of nitrogens with zero attached hydrogens (tertiary/aromatic N) is 4. The van der Waals surface area contributed by atoms with Crippen molar-refractivity contribution in [3.8, 4) is 0 Å². The van der Waals surface area contributed by atoms with E-state index in [0.717, 1.165) is 37.9 Å². The second-order valence-electron chi connectivity index (χ2n) is 7.12. The topological polar surface area (TPSA) is 45.4 Å². The highest BCUT2D eigenvalue weighted by Gasteiger charge is 2.31. The standard InChI is InChI=1S/C19H26N4O/c1-22-11-13-23(14-12-22)17(15-7-3-2-4-8-15)19-20-18(21-24-19)16-9-5-6-10-16/h2-4,7-8,16-17H,5-6,9-14H2,1H3/t17-/m0/s1. The summed E-state index contributed by atoms with van der Waals surface area (Å²) in [5.41, 5.74) is 1.24. The zero-order chi connectivity index (χ0) is 16.4. The van der Waals surface area contributed by atoms with Gasteiger partial charge in [-0.3, -0.25) is 4.90 Å². The van der Waals surface area contributed by atoms with E-state index in [1.807, 2.05) is 0 Å². The van der Waals surface area contributed by atoms with Crippen molar-refractivity contribution < 1.29 is 4.52 Å². The molecule has 0 amide bonds. The van der Waals surface area contributed by atoms with Crippen molar-refractivity contribution in [2.75, 3.05) is 33.2 Å². The summed E-state index contributed by atoms with van der Waals surface area (Å²) in [4.78, 5) is 9.67. The normalized spacial score (nSPS) is 22.0. The van der Waals surface area contributed by atoms with E-state index in [1.165, 1.54) is 31.2 Å². The fourth-order valence-electron chi connectivity index (χ4n) is 3.93. The van der Waals surface area contributed by atoms with Crippen LogP contribution in [0.2, 0.25) is 0 Å². The van der Waals surface area contributed by atoms with Crippen molar-refractivity contribution >= 4 is 0 Å². The number of hydrogen-bond donors (Lipinski definition) is 0. The van der Waals surface area contributed by atoms with Gasteiger partial charge in [-0.25, -0.2) is 0 Å². The van der Waals surface area contributed by atoms with Crippen LogP contribution in [0.15, 0.2) is 34.9 Å². The van der Waals surface area contributed by atoms with E-state index in [1.54, 1.807) is 0 Å². The molecule has 1 atom stereocenters. The van der Waals surface area contributed by atoms with Crippen LogP contribution in [0.25, 0.3) is 0 Å². The first-order valence-electron chi connectivity index (χ1n) is 9.12. The molecule has 1 saturated carbocycles. The largest absolute Gasteiger partial charge is 0.337 e. The fraction of sp³-hybridized carbons (Fsp3) is 0.579. The summed E-state index contributed by atoms with van der Waals surface area (Å²) in [5, 5.41) is 4.33. The van der Waals surface area contributed by atoms with Crippen molar-refractivity contribution in [2.45, 2.75) is 37.6 Å². The van der Waals surface area contributed by atoms with Crippen molar-refractivity contribution in [2.24, 2.45) is 0 Å². The highest BCUT2D eigenvalue weighted by Crippen LogP contribution is 2.34. The number of piperazine rings is 1. The third-order valence-electron chi connectivity index (χ3n) is 5.43. The van der Waals surface area contributed by atoms with Gasteiger partial charge in [0.05, 0.1) is 0 Å². The van der Waals surface area contributed by atoms with Gasteiger partial charge in [0.2, 0.25) is 5.89 Å². The summed E-state index contributed by atoms with van der Waals surface area (Å²) >= 11 is 0. The van der Waals surface area contributed by atoms with Crippen LogP contribution >= 0.6 is 0 Å².